The van der Waals surface area contributed by atoms with Crippen LogP contribution in [0.5, 0.6) is 0 Å². The van der Waals surface area contributed by atoms with Crippen molar-refractivity contribution in [2.24, 2.45) is 0 Å². The Balaban J connectivity index is 1.86. The third-order valence-corrected chi connectivity index (χ3v) is 5.16. The van der Waals surface area contributed by atoms with Crippen LogP contribution in [0.15, 0.2) is 35.7 Å². The lowest BCUT2D eigenvalue weighted by atomic mass is 10.2. The van der Waals surface area contributed by atoms with E-state index in [1.807, 2.05) is 16.7 Å². The van der Waals surface area contributed by atoms with Crippen molar-refractivity contribution in [3.63, 3.8) is 0 Å². The molecule has 0 aliphatic heterocycles. The highest BCUT2D eigenvalue weighted by Gasteiger charge is 2.24. The highest BCUT2D eigenvalue weighted by molar-refractivity contribution is 8.00. The number of carbonyl (C=O) groups is 1. The zero-order chi connectivity index (χ0) is 14.7. The second-order valence-corrected chi connectivity index (χ2v) is 6.61. The average molecular weight is 301 g/mol. The summed E-state index contributed by atoms with van der Waals surface area (Å²) >= 11 is 1.56. The molecule has 110 valence electrons. The Morgan fingerprint density at radius 3 is 2.95 bits per heavy atom. The number of ketones is 1. The first-order chi connectivity index (χ1) is 10.3. The van der Waals surface area contributed by atoms with Crippen molar-refractivity contribution in [1.29, 1.82) is 0 Å². The molecule has 1 aromatic carbocycles. The number of hydrogen-bond acceptors (Lipinski definition) is 4. The van der Waals surface area contributed by atoms with Gasteiger partial charge in [-0.1, -0.05) is 42.8 Å². The van der Waals surface area contributed by atoms with Crippen LogP contribution in [0.1, 0.15) is 37.7 Å². The van der Waals surface area contributed by atoms with Crippen LogP contribution in [0, 0.1) is 6.92 Å². The number of para-hydroxylation sites is 1. The molecule has 21 heavy (non-hydrogen) atoms. The third-order valence-electron chi connectivity index (χ3n) is 3.89. The predicted molar refractivity (Wildman–Crippen MR) is 83.8 cm³/mol. The molecule has 1 heterocycles. The van der Waals surface area contributed by atoms with E-state index < -0.39 is 0 Å². The largest absolute Gasteiger partial charge is 0.298 e. The molecule has 1 atom stereocenters. The van der Waals surface area contributed by atoms with Crippen LogP contribution >= 0.6 is 11.8 Å². The molecule has 0 radical (unpaired) electrons. The summed E-state index contributed by atoms with van der Waals surface area (Å²) in [5, 5.41) is 9.09. The number of Topliss-reactive ketones (excluding diaryl/α,β-unsaturated/α-hetero) is 1. The topological polar surface area (TPSA) is 47.8 Å². The Kier molecular flexibility index (Phi) is 4.39. The summed E-state index contributed by atoms with van der Waals surface area (Å²) in [6.45, 7) is 2.07. The van der Waals surface area contributed by atoms with Crippen LogP contribution in [-0.4, -0.2) is 25.8 Å². The molecule has 4 nitrogen and oxygen atoms in total. The maximum absolute atomic E-state index is 12.2. The summed E-state index contributed by atoms with van der Waals surface area (Å²) in [5.74, 6) is 0.358. The lowest BCUT2D eigenvalue weighted by Gasteiger charge is -2.13. The molecule has 3 rings (SSSR count). The lowest BCUT2D eigenvalue weighted by Crippen LogP contribution is -2.15. The van der Waals surface area contributed by atoms with E-state index in [2.05, 4.69) is 29.3 Å². The fourth-order valence-electron chi connectivity index (χ4n) is 2.68. The van der Waals surface area contributed by atoms with Crippen molar-refractivity contribution in [1.82, 2.24) is 14.8 Å². The van der Waals surface area contributed by atoms with E-state index in [4.69, 9.17) is 0 Å². The summed E-state index contributed by atoms with van der Waals surface area (Å²) in [6.07, 6.45) is 6.70. The molecule has 0 saturated heterocycles. The minimum atomic E-state index is 0.0273. The SMILES string of the molecule is Cc1ccccc1-n1cnnc1SC1CCCCCC1=O. The van der Waals surface area contributed by atoms with Crippen LogP contribution in [0.25, 0.3) is 5.69 Å². The number of benzene rings is 1. The van der Waals surface area contributed by atoms with Gasteiger partial charge in [-0.2, -0.15) is 0 Å². The van der Waals surface area contributed by atoms with Crippen molar-refractivity contribution in [3.05, 3.63) is 36.2 Å². The molecule has 1 aromatic heterocycles. The monoisotopic (exact) mass is 301 g/mol. The molecule has 1 aliphatic rings. The number of carbonyl (C=O) groups excluding carboxylic acids is 1. The first-order valence-corrected chi connectivity index (χ1v) is 8.29. The van der Waals surface area contributed by atoms with Gasteiger partial charge in [-0.15, -0.1) is 10.2 Å². The summed E-state index contributed by atoms with van der Waals surface area (Å²) in [6, 6.07) is 8.15. The summed E-state index contributed by atoms with van der Waals surface area (Å²) in [4.78, 5) is 12.2. The van der Waals surface area contributed by atoms with Gasteiger partial charge in [0, 0.05) is 6.42 Å². The van der Waals surface area contributed by atoms with Gasteiger partial charge in [-0.25, -0.2) is 0 Å². The Bertz CT molecular complexity index is 638. The van der Waals surface area contributed by atoms with Gasteiger partial charge in [0.05, 0.1) is 10.9 Å². The maximum atomic E-state index is 12.2. The van der Waals surface area contributed by atoms with Crippen molar-refractivity contribution in [2.45, 2.75) is 49.4 Å². The van der Waals surface area contributed by atoms with Crippen molar-refractivity contribution < 1.29 is 4.79 Å². The maximum Gasteiger partial charge on any atom is 0.196 e. The second kappa shape index (κ2) is 6.43. The van der Waals surface area contributed by atoms with Gasteiger partial charge in [0.1, 0.15) is 12.1 Å². The first-order valence-electron chi connectivity index (χ1n) is 7.41. The van der Waals surface area contributed by atoms with Gasteiger partial charge in [0.25, 0.3) is 0 Å². The molecule has 5 heteroatoms. The molecule has 0 N–H and O–H groups in total. The molecular formula is C16H19N3OS. The lowest BCUT2D eigenvalue weighted by molar-refractivity contribution is -0.118. The number of thioether (sulfide) groups is 1. The van der Waals surface area contributed by atoms with E-state index in [0.29, 0.717) is 12.2 Å². The van der Waals surface area contributed by atoms with Crippen LogP contribution in [0.4, 0.5) is 0 Å². The van der Waals surface area contributed by atoms with E-state index in [0.717, 1.165) is 36.5 Å². The molecule has 2 aromatic rings. The number of nitrogens with zero attached hydrogens (tertiary/aromatic N) is 3. The van der Waals surface area contributed by atoms with Gasteiger partial charge < -0.3 is 0 Å². The van der Waals surface area contributed by atoms with Crippen LogP contribution < -0.4 is 0 Å². The molecule has 0 bridgehead atoms. The fourth-order valence-corrected chi connectivity index (χ4v) is 3.82. The summed E-state index contributed by atoms with van der Waals surface area (Å²) in [5.41, 5.74) is 2.25. The van der Waals surface area contributed by atoms with Gasteiger partial charge in [0.2, 0.25) is 0 Å². The van der Waals surface area contributed by atoms with E-state index in [-0.39, 0.29) is 5.25 Å². The normalized spacial score (nSPS) is 19.5. The number of hydrogen-bond donors (Lipinski definition) is 0. The quantitative estimate of drug-likeness (QED) is 0.813. The Hall–Kier alpha value is -1.62. The second-order valence-electron chi connectivity index (χ2n) is 5.44. The molecule has 0 spiro atoms. The summed E-state index contributed by atoms with van der Waals surface area (Å²) in [7, 11) is 0. The fraction of sp³-hybridized carbons (Fsp3) is 0.438. The van der Waals surface area contributed by atoms with E-state index in [1.165, 1.54) is 5.56 Å². The molecule has 1 saturated carbocycles. The highest BCUT2D eigenvalue weighted by atomic mass is 32.2. The zero-order valence-corrected chi connectivity index (χ0v) is 13.0. The number of aryl methyl sites for hydroxylation is 1. The van der Waals surface area contributed by atoms with Gasteiger partial charge in [-0.3, -0.25) is 9.36 Å². The van der Waals surface area contributed by atoms with Crippen molar-refractivity contribution in [2.75, 3.05) is 0 Å². The highest BCUT2D eigenvalue weighted by Crippen LogP contribution is 2.31. The van der Waals surface area contributed by atoms with Crippen LogP contribution in [0.3, 0.4) is 0 Å². The number of rotatable bonds is 3. The van der Waals surface area contributed by atoms with Gasteiger partial charge in [-0.05, 0) is 31.4 Å². The molecule has 1 aliphatic carbocycles. The average Bonchev–Trinajstić information content (AvgIpc) is 2.84. The van der Waals surface area contributed by atoms with Crippen molar-refractivity contribution in [3.8, 4) is 5.69 Å². The zero-order valence-electron chi connectivity index (χ0n) is 12.2. The molecule has 1 fully saturated rings. The standard InChI is InChI=1S/C16H19N3OS/c1-12-7-5-6-8-13(12)19-11-17-18-16(19)21-15-10-4-2-3-9-14(15)20/h5-8,11,15H,2-4,9-10H2,1H3. The molecular weight excluding hydrogens is 282 g/mol. The van der Waals surface area contributed by atoms with Gasteiger partial charge >= 0.3 is 0 Å². The Morgan fingerprint density at radius 1 is 1.24 bits per heavy atom. The van der Waals surface area contributed by atoms with Crippen LogP contribution in [0.2, 0.25) is 0 Å². The minimum absolute atomic E-state index is 0.0273. The van der Waals surface area contributed by atoms with Crippen LogP contribution in [-0.2, 0) is 4.79 Å². The van der Waals surface area contributed by atoms with E-state index >= 15 is 0 Å². The number of aromatic nitrogens is 3. The smallest absolute Gasteiger partial charge is 0.196 e. The Morgan fingerprint density at radius 2 is 2.10 bits per heavy atom. The minimum Gasteiger partial charge on any atom is -0.298 e. The summed E-state index contributed by atoms with van der Waals surface area (Å²) < 4.78 is 1.98. The van der Waals surface area contributed by atoms with E-state index in [9.17, 15) is 4.79 Å². The Labute approximate surface area is 129 Å². The van der Waals surface area contributed by atoms with E-state index in [1.54, 1.807) is 18.1 Å². The third kappa shape index (κ3) is 3.18. The molecule has 1 unspecified atom stereocenters. The van der Waals surface area contributed by atoms with Gasteiger partial charge in [0.15, 0.2) is 5.16 Å². The first kappa shape index (κ1) is 14.3. The van der Waals surface area contributed by atoms with Crippen molar-refractivity contribution >= 4 is 17.5 Å². The molecule has 0 amide bonds. The predicted octanol–water partition coefficient (Wildman–Crippen LogP) is 3.57.